The Bertz CT molecular complexity index is 349. The molecule has 0 saturated heterocycles. The van der Waals surface area contributed by atoms with E-state index in [1.165, 1.54) is 0 Å². The van der Waals surface area contributed by atoms with Crippen molar-refractivity contribution in [2.24, 2.45) is 0 Å². The lowest BCUT2D eigenvalue weighted by Crippen LogP contribution is -2.10. The number of hydrogen-bond acceptors (Lipinski definition) is 2. The van der Waals surface area contributed by atoms with Crippen molar-refractivity contribution in [3.05, 3.63) is 60.7 Å². The zero-order chi connectivity index (χ0) is 10.3. The van der Waals surface area contributed by atoms with Crippen LogP contribution in [0.25, 0.3) is 0 Å². The Hall–Kier alpha value is -1.43. The molecular weight excluding hydrogens is 203 g/mol. The average Bonchev–Trinajstić information content (AvgIpc) is 2.32. The monoisotopic (exact) mass is 214 g/mol. The summed E-state index contributed by atoms with van der Waals surface area (Å²) < 4.78 is 11.1. The van der Waals surface area contributed by atoms with E-state index in [0.717, 1.165) is 11.5 Å². The Labute approximate surface area is 95.8 Å². The molecule has 0 atom stereocenters. The maximum atomic E-state index is 5.53. The second kappa shape index (κ2) is 5.45. The van der Waals surface area contributed by atoms with Crippen molar-refractivity contribution in [3.8, 4) is 11.5 Å². The van der Waals surface area contributed by atoms with E-state index in [1.807, 2.05) is 60.7 Å². The molecule has 2 nitrogen and oxygen atoms in total. The minimum atomic E-state index is -0.985. The predicted octanol–water partition coefficient (Wildman–Crippen LogP) is 2.41. The summed E-state index contributed by atoms with van der Waals surface area (Å²) in [5, 5.41) is 0. The summed E-state index contributed by atoms with van der Waals surface area (Å²) in [7, 11) is 0. The van der Waals surface area contributed by atoms with Gasteiger partial charge in [0, 0.05) is 0 Å². The van der Waals surface area contributed by atoms with Gasteiger partial charge in [0.2, 0.25) is 0 Å². The lowest BCUT2D eigenvalue weighted by molar-refractivity contribution is 0.459. The molecule has 15 heavy (non-hydrogen) atoms. The Kier molecular flexibility index (Phi) is 3.67. The predicted molar refractivity (Wildman–Crippen MR) is 61.3 cm³/mol. The van der Waals surface area contributed by atoms with E-state index in [1.54, 1.807) is 0 Å². The fraction of sp³-hybridized carbons (Fsp3) is 0. The van der Waals surface area contributed by atoms with Crippen LogP contribution in [0.15, 0.2) is 60.7 Å². The second-order valence-corrected chi connectivity index (χ2v) is 3.85. The second-order valence-electron chi connectivity index (χ2n) is 3.03. The van der Waals surface area contributed by atoms with Crippen LogP contribution in [-0.2, 0) is 0 Å². The molecule has 0 N–H and O–H groups in total. The molecule has 0 aliphatic rings. The van der Waals surface area contributed by atoms with Crippen molar-refractivity contribution >= 4 is 15.9 Å². The summed E-state index contributed by atoms with van der Waals surface area (Å²) in [4.78, 5) is 0. The molecule has 2 aromatic rings. The SMILES string of the molecule is c1ccc([O][AlH][O]c2ccccc2)cc1. The van der Waals surface area contributed by atoms with Crippen LogP contribution in [0.2, 0.25) is 0 Å². The number of benzene rings is 2. The zero-order valence-corrected chi connectivity index (χ0v) is 9.71. The van der Waals surface area contributed by atoms with Crippen LogP contribution in [-0.4, -0.2) is 15.9 Å². The maximum Gasteiger partial charge on any atom is 0.832 e. The largest absolute Gasteiger partial charge is 0.832 e. The molecule has 0 saturated carbocycles. The van der Waals surface area contributed by atoms with Crippen LogP contribution in [0, 0.1) is 0 Å². The Morgan fingerprint density at radius 1 is 0.600 bits per heavy atom. The molecule has 0 unspecified atom stereocenters. The Morgan fingerprint density at radius 3 is 1.40 bits per heavy atom. The first-order valence-corrected chi connectivity index (χ1v) is 5.96. The molecule has 2 rings (SSSR count). The summed E-state index contributed by atoms with van der Waals surface area (Å²) in [5.74, 6) is 1.75. The summed E-state index contributed by atoms with van der Waals surface area (Å²) in [5.41, 5.74) is 0. The van der Waals surface area contributed by atoms with Gasteiger partial charge in [0.25, 0.3) is 0 Å². The number of rotatable bonds is 4. The van der Waals surface area contributed by atoms with Crippen LogP contribution in [0.5, 0.6) is 11.5 Å². The first kappa shape index (κ1) is 10.1. The van der Waals surface area contributed by atoms with Crippen LogP contribution < -0.4 is 7.58 Å². The lowest BCUT2D eigenvalue weighted by Gasteiger charge is -2.07. The standard InChI is InChI=1S/2C6H6O.Al.H/c2*7-6-4-2-1-3-5-6;;/h2*1-5,7H;;/q;;+2;/p-2. The zero-order valence-electron chi connectivity index (χ0n) is 8.30. The van der Waals surface area contributed by atoms with Crippen molar-refractivity contribution in [1.82, 2.24) is 0 Å². The summed E-state index contributed by atoms with van der Waals surface area (Å²) in [6.45, 7) is 0. The van der Waals surface area contributed by atoms with Gasteiger partial charge >= 0.3 is 15.9 Å². The van der Waals surface area contributed by atoms with E-state index in [-0.39, 0.29) is 0 Å². The Balaban J connectivity index is 1.81. The van der Waals surface area contributed by atoms with E-state index < -0.39 is 15.9 Å². The molecule has 0 spiro atoms. The van der Waals surface area contributed by atoms with Gasteiger partial charge in [-0.2, -0.15) is 0 Å². The molecular formula is C12H11AlO2. The van der Waals surface area contributed by atoms with Gasteiger partial charge in [-0.15, -0.1) is 0 Å². The summed E-state index contributed by atoms with van der Waals surface area (Å²) >= 11 is -0.985. The van der Waals surface area contributed by atoms with Crippen LogP contribution in [0.3, 0.4) is 0 Å². The highest BCUT2D eigenvalue weighted by Crippen LogP contribution is 2.10. The number of para-hydroxylation sites is 2. The van der Waals surface area contributed by atoms with E-state index in [4.69, 9.17) is 7.58 Å². The first-order chi connectivity index (χ1) is 7.45. The van der Waals surface area contributed by atoms with Crippen molar-refractivity contribution in [2.45, 2.75) is 0 Å². The molecule has 74 valence electrons. The third-order valence-corrected chi connectivity index (χ3v) is 2.84. The fourth-order valence-electron chi connectivity index (χ4n) is 1.20. The molecule has 0 amide bonds. The van der Waals surface area contributed by atoms with Gasteiger partial charge in [0.1, 0.15) is 0 Å². The quantitative estimate of drug-likeness (QED) is 0.727. The first-order valence-electron chi connectivity index (χ1n) is 4.81. The van der Waals surface area contributed by atoms with Crippen LogP contribution in [0.4, 0.5) is 0 Å². The molecule has 2 aromatic carbocycles. The number of hydrogen-bond donors (Lipinski definition) is 0. The van der Waals surface area contributed by atoms with Crippen molar-refractivity contribution in [1.29, 1.82) is 0 Å². The highest BCUT2D eigenvalue weighted by Gasteiger charge is 2.02. The topological polar surface area (TPSA) is 18.5 Å². The van der Waals surface area contributed by atoms with Crippen LogP contribution in [0.1, 0.15) is 0 Å². The van der Waals surface area contributed by atoms with Gasteiger partial charge in [0.05, 0.1) is 11.5 Å². The summed E-state index contributed by atoms with van der Waals surface area (Å²) in [6.07, 6.45) is 0. The smallest absolute Gasteiger partial charge is 0.614 e. The van der Waals surface area contributed by atoms with Crippen molar-refractivity contribution in [3.63, 3.8) is 0 Å². The molecule has 0 aliphatic heterocycles. The summed E-state index contributed by atoms with van der Waals surface area (Å²) in [6, 6.07) is 19.5. The lowest BCUT2D eigenvalue weighted by atomic mass is 10.3. The third-order valence-electron chi connectivity index (χ3n) is 1.94. The molecule has 0 aliphatic carbocycles. The molecule has 3 heteroatoms. The minimum absolute atomic E-state index is 0.875. The Morgan fingerprint density at radius 2 is 1.00 bits per heavy atom. The highest BCUT2D eigenvalue weighted by atomic mass is 27.2. The van der Waals surface area contributed by atoms with Crippen molar-refractivity contribution in [2.75, 3.05) is 0 Å². The van der Waals surface area contributed by atoms with Gasteiger partial charge in [-0.3, -0.25) is 0 Å². The third kappa shape index (κ3) is 3.32. The molecule has 0 bridgehead atoms. The van der Waals surface area contributed by atoms with E-state index in [9.17, 15) is 0 Å². The van der Waals surface area contributed by atoms with E-state index >= 15 is 0 Å². The van der Waals surface area contributed by atoms with Gasteiger partial charge in [0.15, 0.2) is 0 Å². The van der Waals surface area contributed by atoms with Gasteiger partial charge < -0.3 is 7.58 Å². The highest BCUT2D eigenvalue weighted by molar-refractivity contribution is 6.20. The van der Waals surface area contributed by atoms with E-state index in [2.05, 4.69) is 0 Å². The van der Waals surface area contributed by atoms with Crippen LogP contribution >= 0.6 is 0 Å². The molecule has 0 radical (unpaired) electrons. The maximum absolute atomic E-state index is 5.53. The minimum Gasteiger partial charge on any atom is -0.614 e. The van der Waals surface area contributed by atoms with Gasteiger partial charge in [-0.25, -0.2) is 0 Å². The average molecular weight is 214 g/mol. The molecule has 0 fully saturated rings. The van der Waals surface area contributed by atoms with Gasteiger partial charge in [-0.05, 0) is 24.3 Å². The van der Waals surface area contributed by atoms with Crippen molar-refractivity contribution < 1.29 is 7.58 Å². The fourth-order valence-corrected chi connectivity index (χ4v) is 1.91. The van der Waals surface area contributed by atoms with E-state index in [0.29, 0.717) is 0 Å². The van der Waals surface area contributed by atoms with Gasteiger partial charge in [-0.1, -0.05) is 36.4 Å². The molecule has 0 aromatic heterocycles. The normalized spacial score (nSPS) is 9.33. The molecule has 0 heterocycles.